The number of hydrogen-bond acceptors (Lipinski definition) is 5. The second-order valence-electron chi connectivity index (χ2n) is 8.08. The molecule has 4 rings (SSSR count). The Hall–Kier alpha value is -4.06. The zero-order chi connectivity index (χ0) is 24.2. The van der Waals surface area contributed by atoms with E-state index in [-0.39, 0.29) is 17.2 Å². The van der Waals surface area contributed by atoms with Crippen LogP contribution in [0.2, 0.25) is 0 Å². The molecule has 0 saturated carbocycles. The number of imide groups is 1. The molecule has 0 atom stereocenters. The summed E-state index contributed by atoms with van der Waals surface area (Å²) in [4.78, 5) is 30.7. The van der Waals surface area contributed by atoms with E-state index >= 15 is 0 Å². The third kappa shape index (κ3) is 4.27. The zero-order valence-corrected chi connectivity index (χ0v) is 20.0. The van der Waals surface area contributed by atoms with Crippen LogP contribution in [0.1, 0.15) is 25.0 Å². The number of nitrogens with one attached hydrogen (secondary N) is 1. The monoisotopic (exact) mass is 455 g/mol. The normalized spacial score (nSPS) is 13.5. The van der Waals surface area contributed by atoms with Crippen LogP contribution in [0.15, 0.2) is 78.5 Å². The van der Waals surface area contributed by atoms with Crippen LogP contribution in [0.5, 0.6) is 5.75 Å². The van der Waals surface area contributed by atoms with Crippen LogP contribution in [0, 0.1) is 6.92 Å². The molecule has 0 saturated heterocycles. The van der Waals surface area contributed by atoms with Crippen LogP contribution in [0.4, 0.5) is 17.1 Å². The quantitative estimate of drug-likeness (QED) is 0.470. The summed E-state index contributed by atoms with van der Waals surface area (Å²) in [5, 5.41) is 3.23. The lowest BCUT2D eigenvalue weighted by atomic mass is 10.0. The van der Waals surface area contributed by atoms with Gasteiger partial charge in [0.2, 0.25) is 0 Å². The summed E-state index contributed by atoms with van der Waals surface area (Å²) in [6.45, 7) is 7.97. The van der Waals surface area contributed by atoms with E-state index in [1.165, 1.54) is 4.90 Å². The number of amides is 2. The molecule has 6 heteroatoms. The number of ether oxygens (including phenoxy) is 1. The lowest BCUT2D eigenvalue weighted by molar-refractivity contribution is -0.120. The molecule has 0 bridgehead atoms. The largest absolute Gasteiger partial charge is 0.496 e. The van der Waals surface area contributed by atoms with E-state index in [0.29, 0.717) is 17.0 Å². The van der Waals surface area contributed by atoms with Crippen LogP contribution in [-0.4, -0.2) is 32.0 Å². The summed E-state index contributed by atoms with van der Waals surface area (Å²) in [6.07, 6.45) is 0. The maximum absolute atomic E-state index is 13.7. The minimum atomic E-state index is -0.399. The lowest BCUT2D eigenvalue weighted by Gasteiger charge is -2.21. The number of anilines is 3. The maximum atomic E-state index is 13.7. The molecule has 3 aromatic rings. The number of rotatable bonds is 8. The van der Waals surface area contributed by atoms with E-state index in [1.54, 1.807) is 25.3 Å². The highest BCUT2D eigenvalue weighted by molar-refractivity contribution is 6.46. The Morgan fingerprint density at radius 1 is 0.882 bits per heavy atom. The summed E-state index contributed by atoms with van der Waals surface area (Å²) < 4.78 is 5.52. The van der Waals surface area contributed by atoms with E-state index in [9.17, 15) is 9.59 Å². The fraction of sp³-hybridized carbons (Fsp3) is 0.214. The van der Waals surface area contributed by atoms with Gasteiger partial charge in [0.15, 0.2) is 0 Å². The van der Waals surface area contributed by atoms with E-state index in [1.807, 2.05) is 61.5 Å². The second kappa shape index (κ2) is 9.83. The fourth-order valence-corrected chi connectivity index (χ4v) is 4.24. The molecular formula is C28H29N3O3. The van der Waals surface area contributed by atoms with E-state index in [2.05, 4.69) is 24.1 Å². The molecule has 34 heavy (non-hydrogen) atoms. The smallest absolute Gasteiger partial charge is 0.282 e. The summed E-state index contributed by atoms with van der Waals surface area (Å²) in [7, 11) is 1.55. The number of aryl methyl sites for hydroxylation is 1. The van der Waals surface area contributed by atoms with Crippen LogP contribution < -0.4 is 19.9 Å². The van der Waals surface area contributed by atoms with Crippen molar-refractivity contribution in [3.05, 3.63) is 89.6 Å². The summed E-state index contributed by atoms with van der Waals surface area (Å²) in [5.41, 5.74) is 4.42. The predicted molar refractivity (Wildman–Crippen MR) is 137 cm³/mol. The summed E-state index contributed by atoms with van der Waals surface area (Å²) >= 11 is 0. The number of carbonyl (C=O) groups is 2. The Bertz CT molecular complexity index is 1240. The molecule has 0 aliphatic carbocycles. The van der Waals surface area contributed by atoms with Crippen molar-refractivity contribution in [1.82, 2.24) is 0 Å². The van der Waals surface area contributed by atoms with Crippen molar-refractivity contribution in [2.24, 2.45) is 0 Å². The molecule has 1 aliphatic rings. The van der Waals surface area contributed by atoms with Crippen molar-refractivity contribution in [3.63, 3.8) is 0 Å². The van der Waals surface area contributed by atoms with Crippen molar-refractivity contribution < 1.29 is 14.3 Å². The van der Waals surface area contributed by atoms with Gasteiger partial charge in [-0.2, -0.15) is 0 Å². The Balaban J connectivity index is 1.79. The van der Waals surface area contributed by atoms with Crippen molar-refractivity contribution in [1.29, 1.82) is 0 Å². The van der Waals surface area contributed by atoms with E-state index < -0.39 is 5.91 Å². The number of benzene rings is 3. The first-order valence-corrected chi connectivity index (χ1v) is 11.4. The Labute approximate surface area is 200 Å². The first-order chi connectivity index (χ1) is 16.5. The SMILES string of the molecule is CCN(CC)c1ccc(NC2=C(c3ccccc3OC)C(=O)N(c3cccc(C)c3)C2=O)cc1. The highest BCUT2D eigenvalue weighted by atomic mass is 16.5. The lowest BCUT2D eigenvalue weighted by Crippen LogP contribution is -2.32. The average Bonchev–Trinajstić information content (AvgIpc) is 3.09. The molecular weight excluding hydrogens is 426 g/mol. The van der Waals surface area contributed by atoms with Gasteiger partial charge in [0, 0.05) is 30.0 Å². The van der Waals surface area contributed by atoms with Gasteiger partial charge in [0.1, 0.15) is 11.4 Å². The molecule has 2 amide bonds. The third-order valence-corrected chi connectivity index (χ3v) is 5.99. The predicted octanol–water partition coefficient (Wildman–Crippen LogP) is 5.25. The second-order valence-corrected chi connectivity index (χ2v) is 8.08. The van der Waals surface area contributed by atoms with Gasteiger partial charge in [0.25, 0.3) is 11.8 Å². The van der Waals surface area contributed by atoms with Crippen molar-refractivity contribution in [2.45, 2.75) is 20.8 Å². The van der Waals surface area contributed by atoms with Gasteiger partial charge in [-0.05, 0) is 68.8 Å². The highest BCUT2D eigenvalue weighted by Gasteiger charge is 2.41. The van der Waals surface area contributed by atoms with Gasteiger partial charge < -0.3 is 15.0 Å². The molecule has 3 aromatic carbocycles. The van der Waals surface area contributed by atoms with Crippen molar-refractivity contribution in [3.8, 4) is 5.75 Å². The Kier molecular flexibility index (Phi) is 6.68. The third-order valence-electron chi connectivity index (χ3n) is 5.99. The minimum absolute atomic E-state index is 0.228. The first kappa shape index (κ1) is 23.1. The summed E-state index contributed by atoms with van der Waals surface area (Å²) in [6, 6.07) is 22.5. The average molecular weight is 456 g/mol. The molecule has 1 aliphatic heterocycles. The molecule has 0 unspecified atom stereocenters. The number of hydrogen-bond donors (Lipinski definition) is 1. The molecule has 0 aromatic heterocycles. The van der Waals surface area contributed by atoms with Crippen LogP contribution in [-0.2, 0) is 9.59 Å². The maximum Gasteiger partial charge on any atom is 0.282 e. The Morgan fingerprint density at radius 3 is 2.24 bits per heavy atom. The minimum Gasteiger partial charge on any atom is -0.496 e. The molecule has 1 heterocycles. The Morgan fingerprint density at radius 2 is 1.59 bits per heavy atom. The van der Waals surface area contributed by atoms with Crippen LogP contribution >= 0.6 is 0 Å². The molecule has 6 nitrogen and oxygen atoms in total. The van der Waals surface area contributed by atoms with Crippen molar-refractivity contribution >= 4 is 34.4 Å². The van der Waals surface area contributed by atoms with Crippen LogP contribution in [0.25, 0.3) is 5.57 Å². The summed E-state index contributed by atoms with van der Waals surface area (Å²) in [5.74, 6) is -0.257. The van der Waals surface area contributed by atoms with E-state index in [0.717, 1.165) is 30.0 Å². The van der Waals surface area contributed by atoms with Crippen molar-refractivity contribution in [2.75, 3.05) is 35.3 Å². The molecule has 1 N–H and O–H groups in total. The number of para-hydroxylation sites is 1. The fourth-order valence-electron chi connectivity index (χ4n) is 4.24. The van der Waals surface area contributed by atoms with Crippen LogP contribution in [0.3, 0.4) is 0 Å². The van der Waals surface area contributed by atoms with Gasteiger partial charge in [0.05, 0.1) is 18.4 Å². The number of nitrogens with zero attached hydrogens (tertiary/aromatic N) is 2. The molecule has 0 radical (unpaired) electrons. The van der Waals surface area contributed by atoms with Gasteiger partial charge in [-0.1, -0.05) is 30.3 Å². The van der Waals surface area contributed by atoms with Gasteiger partial charge in [-0.3, -0.25) is 9.59 Å². The van der Waals surface area contributed by atoms with Gasteiger partial charge in [-0.25, -0.2) is 4.90 Å². The molecule has 174 valence electrons. The molecule has 0 spiro atoms. The topological polar surface area (TPSA) is 61.9 Å². The first-order valence-electron chi connectivity index (χ1n) is 11.4. The zero-order valence-electron chi connectivity index (χ0n) is 20.0. The van der Waals surface area contributed by atoms with E-state index in [4.69, 9.17) is 4.74 Å². The molecule has 0 fully saturated rings. The van der Waals surface area contributed by atoms with Gasteiger partial charge >= 0.3 is 0 Å². The highest BCUT2D eigenvalue weighted by Crippen LogP contribution is 2.37. The van der Waals surface area contributed by atoms with Gasteiger partial charge in [-0.15, -0.1) is 0 Å². The number of methoxy groups -OCH3 is 1. The number of carbonyl (C=O) groups excluding carboxylic acids is 2. The standard InChI is InChI=1S/C28H29N3O3/c1-5-30(6-2)21-16-14-20(15-17-21)29-26-25(23-12-7-8-13-24(23)34-4)27(32)31(28(26)33)22-11-9-10-19(3)18-22/h7-18,29H,5-6H2,1-4H3.